The summed E-state index contributed by atoms with van der Waals surface area (Å²) in [5, 5.41) is 0. The van der Waals surface area contributed by atoms with Crippen molar-refractivity contribution < 1.29 is 0 Å². The molecule has 2 heterocycles. The smallest absolute Gasteiger partial charge is 0.0530 e. The maximum absolute atomic E-state index is 4.37. The maximum atomic E-state index is 4.37. The number of rotatable bonds is 5. The van der Waals surface area contributed by atoms with Crippen LogP contribution in [0.15, 0.2) is 12.2 Å². The fraction of sp³-hybridized carbons (Fsp3) is 0.875. The molecule has 2 unspecified atom stereocenters. The molecule has 2 aliphatic heterocycles. The molecular formula is C16H30N2. The molecule has 0 amide bonds. The second-order valence-corrected chi connectivity index (χ2v) is 6.52. The van der Waals surface area contributed by atoms with E-state index < -0.39 is 0 Å². The lowest BCUT2D eigenvalue weighted by molar-refractivity contribution is -0.0778. The van der Waals surface area contributed by atoms with Gasteiger partial charge in [-0.3, -0.25) is 9.80 Å². The average Bonchev–Trinajstić information content (AvgIpc) is 2.72. The molecule has 0 aromatic carbocycles. The zero-order valence-corrected chi connectivity index (χ0v) is 12.7. The van der Waals surface area contributed by atoms with Crippen LogP contribution in [-0.4, -0.2) is 47.6 Å². The summed E-state index contributed by atoms with van der Waals surface area (Å²) >= 11 is 0. The van der Waals surface area contributed by atoms with E-state index in [9.17, 15) is 0 Å². The second-order valence-electron chi connectivity index (χ2n) is 6.52. The van der Waals surface area contributed by atoms with E-state index in [1.54, 1.807) is 0 Å². The van der Waals surface area contributed by atoms with Crippen LogP contribution in [0.3, 0.4) is 0 Å². The molecule has 0 aromatic heterocycles. The van der Waals surface area contributed by atoms with Gasteiger partial charge in [-0.2, -0.15) is 0 Å². The maximum Gasteiger partial charge on any atom is 0.0530 e. The Hall–Kier alpha value is -0.340. The SMILES string of the molecule is C=C(CC)C1N(CC(C)C)CC12CCCN2CC. The van der Waals surface area contributed by atoms with E-state index in [1.165, 1.54) is 44.6 Å². The third-order valence-electron chi connectivity index (χ3n) is 4.84. The molecule has 0 radical (unpaired) electrons. The largest absolute Gasteiger partial charge is 0.295 e. The Kier molecular flexibility index (Phi) is 4.18. The van der Waals surface area contributed by atoms with Crippen molar-refractivity contribution in [1.29, 1.82) is 0 Å². The fourth-order valence-electron chi connectivity index (χ4n) is 4.15. The number of hydrogen-bond donors (Lipinski definition) is 0. The van der Waals surface area contributed by atoms with Crippen LogP contribution in [0.1, 0.15) is 47.0 Å². The minimum absolute atomic E-state index is 0.441. The first kappa shape index (κ1) is 14.1. The normalized spacial score (nSPS) is 33.3. The number of hydrogen-bond acceptors (Lipinski definition) is 2. The zero-order valence-electron chi connectivity index (χ0n) is 12.7. The average molecular weight is 250 g/mol. The van der Waals surface area contributed by atoms with Gasteiger partial charge in [-0.1, -0.05) is 39.8 Å². The third-order valence-corrected chi connectivity index (χ3v) is 4.84. The molecule has 2 aliphatic rings. The number of nitrogens with zero attached hydrogens (tertiary/aromatic N) is 2. The van der Waals surface area contributed by atoms with Crippen molar-refractivity contribution in [2.45, 2.75) is 58.5 Å². The minimum Gasteiger partial charge on any atom is -0.295 e. The van der Waals surface area contributed by atoms with E-state index in [-0.39, 0.29) is 0 Å². The van der Waals surface area contributed by atoms with E-state index in [0.717, 1.165) is 12.3 Å². The van der Waals surface area contributed by atoms with Crippen LogP contribution >= 0.6 is 0 Å². The van der Waals surface area contributed by atoms with Crippen LogP contribution in [0.25, 0.3) is 0 Å². The van der Waals surface area contributed by atoms with Crippen molar-refractivity contribution in [3.63, 3.8) is 0 Å². The van der Waals surface area contributed by atoms with Gasteiger partial charge in [-0.25, -0.2) is 0 Å². The molecule has 2 atom stereocenters. The standard InChI is InChI=1S/C16H30N2/c1-6-14(5)15-16(9-8-10-18(16)7-2)12-17(15)11-13(3)4/h13,15H,5-12H2,1-4H3. The van der Waals surface area contributed by atoms with Gasteiger partial charge in [-0.15, -0.1) is 0 Å². The van der Waals surface area contributed by atoms with Crippen LogP contribution < -0.4 is 0 Å². The first-order valence-corrected chi connectivity index (χ1v) is 7.72. The molecule has 104 valence electrons. The van der Waals surface area contributed by atoms with E-state index in [1.807, 2.05) is 0 Å². The van der Waals surface area contributed by atoms with Gasteiger partial charge >= 0.3 is 0 Å². The predicted octanol–water partition coefficient (Wildman–Crippen LogP) is 3.15. The molecule has 18 heavy (non-hydrogen) atoms. The highest BCUT2D eigenvalue weighted by atomic mass is 15.4. The Labute approximate surface area is 113 Å². The van der Waals surface area contributed by atoms with Gasteiger partial charge in [0.2, 0.25) is 0 Å². The summed E-state index contributed by atoms with van der Waals surface area (Å²) in [5.41, 5.74) is 1.89. The van der Waals surface area contributed by atoms with Gasteiger partial charge in [0, 0.05) is 13.1 Å². The Morgan fingerprint density at radius 1 is 1.39 bits per heavy atom. The van der Waals surface area contributed by atoms with Crippen molar-refractivity contribution in [3.05, 3.63) is 12.2 Å². The van der Waals surface area contributed by atoms with Crippen molar-refractivity contribution in [2.24, 2.45) is 5.92 Å². The highest BCUT2D eigenvalue weighted by Gasteiger charge is 2.57. The van der Waals surface area contributed by atoms with Gasteiger partial charge in [0.15, 0.2) is 0 Å². The van der Waals surface area contributed by atoms with Crippen LogP contribution in [0.5, 0.6) is 0 Å². The molecule has 2 heteroatoms. The van der Waals surface area contributed by atoms with Gasteiger partial charge in [0.1, 0.15) is 0 Å². The lowest BCUT2D eigenvalue weighted by Crippen LogP contribution is -2.75. The number of likely N-dealkylation sites (N-methyl/N-ethyl adjacent to an activating group) is 1. The summed E-state index contributed by atoms with van der Waals surface area (Å²) in [4.78, 5) is 5.39. The van der Waals surface area contributed by atoms with E-state index in [0.29, 0.717) is 11.6 Å². The predicted molar refractivity (Wildman–Crippen MR) is 78.8 cm³/mol. The summed E-state index contributed by atoms with van der Waals surface area (Å²) in [6.07, 6.45) is 3.87. The second kappa shape index (κ2) is 5.34. The Balaban J connectivity index is 2.15. The van der Waals surface area contributed by atoms with E-state index in [4.69, 9.17) is 0 Å². The van der Waals surface area contributed by atoms with Gasteiger partial charge in [0.05, 0.1) is 11.6 Å². The molecule has 0 bridgehead atoms. The molecule has 0 saturated carbocycles. The molecule has 0 N–H and O–H groups in total. The van der Waals surface area contributed by atoms with Crippen LogP contribution in [0, 0.1) is 5.92 Å². The molecule has 0 aliphatic carbocycles. The van der Waals surface area contributed by atoms with Gasteiger partial charge in [-0.05, 0) is 38.3 Å². The first-order valence-electron chi connectivity index (χ1n) is 7.72. The molecule has 2 rings (SSSR count). The molecule has 2 saturated heterocycles. The van der Waals surface area contributed by atoms with Gasteiger partial charge < -0.3 is 0 Å². The van der Waals surface area contributed by atoms with Gasteiger partial charge in [0.25, 0.3) is 0 Å². The van der Waals surface area contributed by atoms with Crippen LogP contribution in [0.2, 0.25) is 0 Å². The summed E-state index contributed by atoms with van der Waals surface area (Å²) in [7, 11) is 0. The fourth-order valence-corrected chi connectivity index (χ4v) is 4.15. The third kappa shape index (κ3) is 2.14. The lowest BCUT2D eigenvalue weighted by Gasteiger charge is -2.61. The van der Waals surface area contributed by atoms with Crippen molar-refractivity contribution in [3.8, 4) is 0 Å². The lowest BCUT2D eigenvalue weighted by atomic mass is 9.73. The topological polar surface area (TPSA) is 6.48 Å². The Morgan fingerprint density at radius 2 is 2.11 bits per heavy atom. The highest BCUT2D eigenvalue weighted by Crippen LogP contribution is 2.46. The zero-order chi connectivity index (χ0) is 13.3. The van der Waals surface area contributed by atoms with Crippen molar-refractivity contribution in [1.82, 2.24) is 9.80 Å². The van der Waals surface area contributed by atoms with Crippen molar-refractivity contribution >= 4 is 0 Å². The summed E-state index contributed by atoms with van der Waals surface area (Å²) in [6, 6.07) is 0.618. The summed E-state index contributed by atoms with van der Waals surface area (Å²) < 4.78 is 0. The first-order chi connectivity index (χ1) is 8.55. The molecule has 1 spiro atoms. The van der Waals surface area contributed by atoms with E-state index >= 15 is 0 Å². The Bertz CT molecular complexity index is 310. The van der Waals surface area contributed by atoms with E-state index in [2.05, 4.69) is 44.1 Å². The highest BCUT2D eigenvalue weighted by molar-refractivity contribution is 5.26. The minimum atomic E-state index is 0.441. The molecule has 2 fully saturated rings. The number of likely N-dealkylation sites (tertiary alicyclic amines) is 2. The monoisotopic (exact) mass is 250 g/mol. The summed E-state index contributed by atoms with van der Waals surface area (Å²) in [5.74, 6) is 0.756. The molecule has 2 nitrogen and oxygen atoms in total. The van der Waals surface area contributed by atoms with Crippen LogP contribution in [-0.2, 0) is 0 Å². The van der Waals surface area contributed by atoms with Crippen LogP contribution in [0.4, 0.5) is 0 Å². The Morgan fingerprint density at radius 3 is 2.67 bits per heavy atom. The quantitative estimate of drug-likeness (QED) is 0.692. The van der Waals surface area contributed by atoms with Crippen molar-refractivity contribution in [2.75, 3.05) is 26.2 Å². The molecule has 0 aromatic rings. The molecular weight excluding hydrogens is 220 g/mol. The summed E-state index contributed by atoms with van der Waals surface area (Å²) in [6.45, 7) is 18.6.